The van der Waals surface area contributed by atoms with Gasteiger partial charge in [-0.05, 0) is 31.2 Å². The molecule has 0 aliphatic carbocycles. The maximum absolute atomic E-state index is 12.3. The molecular weight excluding hydrogens is 226 g/mol. The van der Waals surface area contributed by atoms with Crippen LogP contribution in [0.15, 0.2) is 41.3 Å². The van der Waals surface area contributed by atoms with Crippen LogP contribution in [-0.2, 0) is 0 Å². The molecule has 0 N–H and O–H groups in total. The Kier molecular flexibility index (Phi) is 2.14. The summed E-state index contributed by atoms with van der Waals surface area (Å²) in [5.41, 5.74) is 2.54. The molecule has 0 bridgehead atoms. The number of hydrogen-bond acceptors (Lipinski definition) is 3. The zero-order valence-corrected chi connectivity index (χ0v) is 9.71. The number of rotatable bonds is 0. The molecule has 2 aromatic heterocycles. The maximum atomic E-state index is 12.3. The zero-order chi connectivity index (χ0) is 12.7. The molecular formula is C14H9N3O. The van der Waals surface area contributed by atoms with E-state index in [1.807, 2.05) is 31.2 Å². The van der Waals surface area contributed by atoms with Gasteiger partial charge in [-0.15, -0.1) is 0 Å². The molecule has 0 spiro atoms. The molecule has 0 radical (unpaired) electrons. The monoisotopic (exact) mass is 235 g/mol. The third-order valence-corrected chi connectivity index (χ3v) is 2.89. The molecule has 0 unspecified atom stereocenters. The average Bonchev–Trinajstić information content (AvgIpc) is 2.40. The van der Waals surface area contributed by atoms with Crippen molar-refractivity contribution >= 4 is 16.6 Å². The van der Waals surface area contributed by atoms with Crippen LogP contribution in [0.4, 0.5) is 0 Å². The van der Waals surface area contributed by atoms with Gasteiger partial charge in [-0.1, -0.05) is 11.6 Å². The molecule has 4 heteroatoms. The smallest absolute Gasteiger partial charge is 0.265 e. The molecule has 3 rings (SSSR count). The number of nitrogens with zero attached hydrogens (tertiary/aromatic N) is 3. The third-order valence-electron chi connectivity index (χ3n) is 2.89. The van der Waals surface area contributed by atoms with E-state index in [0.717, 1.165) is 5.56 Å². The highest BCUT2D eigenvalue weighted by Gasteiger charge is 2.05. The molecule has 86 valence electrons. The minimum atomic E-state index is -0.143. The second kappa shape index (κ2) is 3.67. The van der Waals surface area contributed by atoms with Crippen LogP contribution in [0.1, 0.15) is 11.1 Å². The van der Waals surface area contributed by atoms with Crippen LogP contribution in [0, 0.1) is 18.3 Å². The van der Waals surface area contributed by atoms with Gasteiger partial charge in [-0.3, -0.25) is 9.20 Å². The Bertz CT molecular complexity index is 872. The van der Waals surface area contributed by atoms with Crippen molar-refractivity contribution in [1.29, 1.82) is 5.26 Å². The molecule has 0 saturated heterocycles. The lowest BCUT2D eigenvalue weighted by Crippen LogP contribution is -2.15. The summed E-state index contributed by atoms with van der Waals surface area (Å²) in [4.78, 5) is 16.7. The van der Waals surface area contributed by atoms with Crippen LogP contribution in [0.3, 0.4) is 0 Å². The summed E-state index contributed by atoms with van der Waals surface area (Å²) in [5, 5.41) is 9.43. The summed E-state index contributed by atoms with van der Waals surface area (Å²) in [7, 11) is 0. The minimum Gasteiger partial charge on any atom is -0.268 e. The van der Waals surface area contributed by atoms with E-state index < -0.39 is 0 Å². The van der Waals surface area contributed by atoms with Crippen molar-refractivity contribution in [3.63, 3.8) is 0 Å². The fourth-order valence-corrected chi connectivity index (χ4v) is 1.98. The van der Waals surface area contributed by atoms with Crippen LogP contribution in [-0.4, -0.2) is 9.38 Å². The maximum Gasteiger partial charge on any atom is 0.265 e. The predicted octanol–water partition coefficient (Wildman–Crippen LogP) is 2.03. The normalized spacial score (nSPS) is 10.7. The number of pyridine rings is 1. The van der Waals surface area contributed by atoms with Crippen LogP contribution in [0.2, 0.25) is 0 Å². The van der Waals surface area contributed by atoms with Gasteiger partial charge in [0, 0.05) is 6.20 Å². The van der Waals surface area contributed by atoms with Gasteiger partial charge in [-0.2, -0.15) is 5.26 Å². The molecule has 0 fully saturated rings. The van der Waals surface area contributed by atoms with Crippen molar-refractivity contribution in [2.24, 2.45) is 0 Å². The molecule has 0 atom stereocenters. The van der Waals surface area contributed by atoms with Crippen LogP contribution < -0.4 is 5.56 Å². The number of fused-ring (bicyclic) bond motifs is 2. The van der Waals surface area contributed by atoms with E-state index in [9.17, 15) is 4.79 Å². The fraction of sp³-hybridized carbons (Fsp3) is 0.0714. The van der Waals surface area contributed by atoms with Gasteiger partial charge in [0.25, 0.3) is 5.56 Å². The first kappa shape index (κ1) is 10.5. The molecule has 4 nitrogen and oxygen atoms in total. The Morgan fingerprint density at radius 2 is 2.11 bits per heavy atom. The van der Waals surface area contributed by atoms with E-state index in [1.165, 1.54) is 10.6 Å². The van der Waals surface area contributed by atoms with Crippen LogP contribution >= 0.6 is 0 Å². The lowest BCUT2D eigenvalue weighted by Gasteiger charge is -2.04. The van der Waals surface area contributed by atoms with Crippen molar-refractivity contribution in [3.05, 3.63) is 58.0 Å². The van der Waals surface area contributed by atoms with Gasteiger partial charge in [0.1, 0.15) is 11.7 Å². The summed E-state index contributed by atoms with van der Waals surface area (Å²) in [6, 6.07) is 10.9. The largest absolute Gasteiger partial charge is 0.268 e. The van der Waals surface area contributed by atoms with Gasteiger partial charge in [0.05, 0.1) is 16.5 Å². The summed E-state index contributed by atoms with van der Waals surface area (Å²) < 4.78 is 1.42. The lowest BCUT2D eigenvalue weighted by molar-refractivity contribution is 1.07. The first-order valence-corrected chi connectivity index (χ1v) is 5.52. The second-order valence-corrected chi connectivity index (χ2v) is 4.20. The molecule has 0 saturated carbocycles. The molecule has 1 aromatic carbocycles. The highest BCUT2D eigenvalue weighted by Crippen LogP contribution is 2.12. The number of hydrogen-bond donors (Lipinski definition) is 0. The molecule has 2 heterocycles. The van der Waals surface area contributed by atoms with E-state index in [0.29, 0.717) is 22.1 Å². The molecule has 3 aromatic rings. The molecule has 0 aliphatic heterocycles. The molecule has 18 heavy (non-hydrogen) atoms. The van der Waals surface area contributed by atoms with Gasteiger partial charge in [0.2, 0.25) is 0 Å². The van der Waals surface area contributed by atoms with Gasteiger partial charge in [-0.25, -0.2) is 4.98 Å². The first-order chi connectivity index (χ1) is 8.69. The molecule has 0 aliphatic rings. The number of benzene rings is 1. The summed E-state index contributed by atoms with van der Waals surface area (Å²) in [5.74, 6) is 0. The SMILES string of the molecule is Cc1ccc2nc3ccc(C#N)cn3c(=O)c2c1. The summed E-state index contributed by atoms with van der Waals surface area (Å²) in [6.07, 6.45) is 1.52. The molecule has 0 amide bonds. The van der Waals surface area contributed by atoms with Crippen molar-refractivity contribution in [2.75, 3.05) is 0 Å². The summed E-state index contributed by atoms with van der Waals surface area (Å²) in [6.45, 7) is 1.93. The van der Waals surface area contributed by atoms with Gasteiger partial charge >= 0.3 is 0 Å². The number of aromatic nitrogens is 2. The highest BCUT2D eigenvalue weighted by molar-refractivity contribution is 5.80. The first-order valence-electron chi connectivity index (χ1n) is 5.52. The predicted molar refractivity (Wildman–Crippen MR) is 68.4 cm³/mol. The van der Waals surface area contributed by atoms with Crippen molar-refractivity contribution in [2.45, 2.75) is 6.92 Å². The highest BCUT2D eigenvalue weighted by atomic mass is 16.1. The average molecular weight is 235 g/mol. The van der Waals surface area contributed by atoms with Crippen LogP contribution in [0.25, 0.3) is 16.6 Å². The fourth-order valence-electron chi connectivity index (χ4n) is 1.98. The Hall–Kier alpha value is -2.67. The Balaban J connectivity index is 2.54. The quantitative estimate of drug-likeness (QED) is 0.560. The second-order valence-electron chi connectivity index (χ2n) is 4.20. The number of nitriles is 1. The third kappa shape index (κ3) is 1.45. The van der Waals surface area contributed by atoms with Crippen LogP contribution in [0.5, 0.6) is 0 Å². The summed E-state index contributed by atoms with van der Waals surface area (Å²) >= 11 is 0. The Morgan fingerprint density at radius 1 is 1.28 bits per heavy atom. The number of aryl methyl sites for hydroxylation is 1. The Labute approximate surface area is 103 Å². The van der Waals surface area contributed by atoms with E-state index in [4.69, 9.17) is 5.26 Å². The van der Waals surface area contributed by atoms with Gasteiger partial charge < -0.3 is 0 Å². The van der Waals surface area contributed by atoms with Crippen molar-refractivity contribution in [3.8, 4) is 6.07 Å². The standard InChI is InChI=1S/C14H9N3O/c1-9-2-4-12-11(6-9)14(18)17-8-10(7-15)3-5-13(17)16-12/h2-6,8H,1H3. The Morgan fingerprint density at radius 3 is 2.89 bits per heavy atom. The topological polar surface area (TPSA) is 58.2 Å². The zero-order valence-electron chi connectivity index (χ0n) is 9.71. The minimum absolute atomic E-state index is 0.143. The lowest BCUT2D eigenvalue weighted by atomic mass is 10.1. The van der Waals surface area contributed by atoms with Crippen molar-refractivity contribution < 1.29 is 0 Å². The van der Waals surface area contributed by atoms with Crippen molar-refractivity contribution in [1.82, 2.24) is 9.38 Å². The van der Waals surface area contributed by atoms with E-state index in [1.54, 1.807) is 12.1 Å². The van der Waals surface area contributed by atoms with Gasteiger partial charge in [0.15, 0.2) is 0 Å². The van der Waals surface area contributed by atoms with E-state index in [-0.39, 0.29) is 5.56 Å². The van der Waals surface area contributed by atoms with E-state index in [2.05, 4.69) is 4.98 Å². The van der Waals surface area contributed by atoms with E-state index >= 15 is 0 Å².